The minimum Gasteiger partial charge on any atom is -0.341 e. The lowest BCUT2D eigenvalue weighted by atomic mass is 10.1. The zero-order valence-electron chi connectivity index (χ0n) is 15.3. The Morgan fingerprint density at radius 2 is 2.04 bits per heavy atom. The molecule has 0 radical (unpaired) electrons. The second-order valence-corrected chi connectivity index (χ2v) is 6.85. The highest BCUT2D eigenvalue weighted by Crippen LogP contribution is 2.19. The number of aromatic amines is 1. The van der Waals surface area contributed by atoms with Crippen molar-refractivity contribution in [3.8, 4) is 11.4 Å². The first-order valence-corrected chi connectivity index (χ1v) is 9.06. The maximum absolute atomic E-state index is 13.8. The Balaban J connectivity index is 1.70. The first-order chi connectivity index (χ1) is 13.0. The minimum absolute atomic E-state index is 0.0865. The molecule has 0 bridgehead atoms. The quantitative estimate of drug-likeness (QED) is 0.651. The van der Waals surface area contributed by atoms with E-state index in [4.69, 9.17) is 12.2 Å². The highest BCUT2D eigenvalue weighted by molar-refractivity contribution is 7.71. The number of nitrogens with zero attached hydrogens (tertiary/aromatic N) is 3. The highest BCUT2D eigenvalue weighted by atomic mass is 32.1. The maximum atomic E-state index is 13.8. The Hall–Kier alpha value is -2.80. The molecule has 1 N–H and O–H groups in total. The third-order valence-electron chi connectivity index (χ3n) is 4.37. The summed E-state index contributed by atoms with van der Waals surface area (Å²) in [6, 6.07) is 14.4. The number of hydrogen-bond donors (Lipinski definition) is 1. The number of carbonyl (C=O) groups is 1. The normalized spacial score (nSPS) is 10.8. The van der Waals surface area contributed by atoms with E-state index in [1.54, 1.807) is 25.2 Å². The van der Waals surface area contributed by atoms with Crippen LogP contribution in [-0.4, -0.2) is 32.6 Å². The summed E-state index contributed by atoms with van der Waals surface area (Å²) < 4.78 is 16.1. The van der Waals surface area contributed by atoms with Crippen LogP contribution in [0.25, 0.3) is 11.4 Å². The Bertz CT molecular complexity index is 1010. The molecular formula is C20H21FN4OS. The fraction of sp³-hybridized carbons (Fsp3) is 0.250. The van der Waals surface area contributed by atoms with Gasteiger partial charge in [-0.05, 0) is 31.3 Å². The molecule has 0 aliphatic heterocycles. The summed E-state index contributed by atoms with van der Waals surface area (Å²) in [7, 11) is 1.67. The molecule has 5 nitrogen and oxygen atoms in total. The lowest BCUT2D eigenvalue weighted by Gasteiger charge is -2.18. The summed E-state index contributed by atoms with van der Waals surface area (Å²) in [5.74, 6) is 0.306. The van der Waals surface area contributed by atoms with Crippen molar-refractivity contribution in [3.05, 3.63) is 70.2 Å². The minimum atomic E-state index is -0.309. The van der Waals surface area contributed by atoms with Crippen molar-refractivity contribution in [2.75, 3.05) is 7.05 Å². The number of aromatic nitrogens is 3. The van der Waals surface area contributed by atoms with Crippen LogP contribution in [0.3, 0.4) is 0 Å². The van der Waals surface area contributed by atoms with Gasteiger partial charge in [-0.2, -0.15) is 5.10 Å². The maximum Gasteiger partial charge on any atom is 0.224 e. The summed E-state index contributed by atoms with van der Waals surface area (Å²) >= 11 is 5.32. The van der Waals surface area contributed by atoms with E-state index in [0.717, 1.165) is 11.1 Å². The van der Waals surface area contributed by atoms with Crippen LogP contribution in [0.5, 0.6) is 0 Å². The third kappa shape index (κ3) is 4.49. The van der Waals surface area contributed by atoms with Crippen LogP contribution in [0.4, 0.5) is 4.39 Å². The van der Waals surface area contributed by atoms with E-state index in [0.29, 0.717) is 22.7 Å². The molecule has 2 aromatic carbocycles. The smallest absolute Gasteiger partial charge is 0.224 e. The van der Waals surface area contributed by atoms with E-state index in [1.807, 2.05) is 35.8 Å². The van der Waals surface area contributed by atoms with E-state index in [2.05, 4.69) is 10.2 Å². The predicted octanol–water partition coefficient (Wildman–Crippen LogP) is 4.10. The van der Waals surface area contributed by atoms with Crippen molar-refractivity contribution in [3.63, 3.8) is 0 Å². The molecular weight excluding hydrogens is 363 g/mol. The molecule has 0 unspecified atom stereocenters. The number of halogens is 1. The SMILES string of the molecule is Cc1cccc(-c2n[nH]c(=S)n2CCC(=O)N(C)Cc2ccccc2F)c1. The monoisotopic (exact) mass is 384 g/mol. The van der Waals surface area contributed by atoms with Crippen molar-refractivity contribution < 1.29 is 9.18 Å². The standard InChI is InChI=1S/C20H21FN4OS/c1-14-6-5-8-15(12-14)19-22-23-20(27)25(19)11-10-18(26)24(2)13-16-7-3-4-9-17(16)21/h3-9,12H,10-11,13H2,1-2H3,(H,23,27). The van der Waals surface area contributed by atoms with E-state index < -0.39 is 0 Å². The van der Waals surface area contributed by atoms with Gasteiger partial charge in [-0.3, -0.25) is 14.5 Å². The van der Waals surface area contributed by atoms with Crippen LogP contribution in [0.15, 0.2) is 48.5 Å². The molecule has 140 valence electrons. The molecule has 1 amide bonds. The molecule has 1 heterocycles. The van der Waals surface area contributed by atoms with Crippen LogP contribution in [-0.2, 0) is 17.9 Å². The van der Waals surface area contributed by atoms with Crippen LogP contribution in [0.1, 0.15) is 17.5 Å². The summed E-state index contributed by atoms with van der Waals surface area (Å²) in [5, 5.41) is 7.10. The Labute approximate surface area is 162 Å². The number of benzene rings is 2. The first-order valence-electron chi connectivity index (χ1n) is 8.65. The molecule has 1 aromatic heterocycles. The van der Waals surface area contributed by atoms with E-state index in [-0.39, 0.29) is 24.7 Å². The molecule has 7 heteroatoms. The number of nitrogens with one attached hydrogen (secondary N) is 1. The molecule has 0 saturated carbocycles. The zero-order chi connectivity index (χ0) is 19.4. The molecule has 3 aromatic rings. The number of H-pyrrole nitrogens is 1. The third-order valence-corrected chi connectivity index (χ3v) is 4.69. The van der Waals surface area contributed by atoms with E-state index in [1.165, 1.54) is 11.0 Å². The molecule has 3 rings (SSSR count). The Morgan fingerprint density at radius 1 is 1.26 bits per heavy atom. The van der Waals surface area contributed by atoms with Crippen molar-refractivity contribution in [1.82, 2.24) is 19.7 Å². The Morgan fingerprint density at radius 3 is 2.78 bits per heavy atom. The summed E-state index contributed by atoms with van der Waals surface area (Å²) in [6.07, 6.45) is 0.248. The van der Waals surface area contributed by atoms with Gasteiger partial charge in [0, 0.05) is 37.7 Å². The van der Waals surface area contributed by atoms with Crippen molar-refractivity contribution >= 4 is 18.1 Å². The first kappa shape index (κ1) is 19.0. The molecule has 0 atom stereocenters. The number of hydrogen-bond acceptors (Lipinski definition) is 3. The average molecular weight is 384 g/mol. The van der Waals surface area contributed by atoms with Gasteiger partial charge < -0.3 is 4.90 Å². The summed E-state index contributed by atoms with van der Waals surface area (Å²) in [5.41, 5.74) is 2.55. The molecule has 0 spiro atoms. The van der Waals surface area contributed by atoms with Gasteiger partial charge in [-0.1, -0.05) is 42.0 Å². The fourth-order valence-electron chi connectivity index (χ4n) is 2.90. The highest BCUT2D eigenvalue weighted by Gasteiger charge is 2.14. The van der Waals surface area contributed by atoms with Crippen LogP contribution >= 0.6 is 12.2 Å². The van der Waals surface area contributed by atoms with Crippen LogP contribution < -0.4 is 0 Å². The lowest BCUT2D eigenvalue weighted by Crippen LogP contribution is -2.27. The second-order valence-electron chi connectivity index (χ2n) is 6.46. The lowest BCUT2D eigenvalue weighted by molar-refractivity contribution is -0.130. The summed E-state index contributed by atoms with van der Waals surface area (Å²) in [6.45, 7) is 2.64. The van der Waals surface area contributed by atoms with Gasteiger partial charge in [0.05, 0.1) is 0 Å². The summed E-state index contributed by atoms with van der Waals surface area (Å²) in [4.78, 5) is 14.0. The molecule has 0 aliphatic carbocycles. The van der Waals surface area contributed by atoms with Crippen molar-refractivity contribution in [2.24, 2.45) is 0 Å². The van der Waals surface area contributed by atoms with Gasteiger partial charge in [0.2, 0.25) is 5.91 Å². The zero-order valence-corrected chi connectivity index (χ0v) is 16.1. The molecule has 0 saturated heterocycles. The number of carbonyl (C=O) groups excluding carboxylic acids is 1. The van der Waals surface area contributed by atoms with Crippen LogP contribution in [0, 0.1) is 17.5 Å². The predicted molar refractivity (Wildman–Crippen MR) is 105 cm³/mol. The number of aryl methyl sites for hydroxylation is 1. The Kier molecular flexibility index (Phi) is 5.81. The molecule has 27 heavy (non-hydrogen) atoms. The molecule has 0 aliphatic rings. The van der Waals surface area contributed by atoms with Crippen molar-refractivity contribution in [1.29, 1.82) is 0 Å². The number of amides is 1. The van der Waals surface area contributed by atoms with Gasteiger partial charge in [0.1, 0.15) is 5.82 Å². The van der Waals surface area contributed by atoms with Gasteiger partial charge in [0.15, 0.2) is 10.6 Å². The van der Waals surface area contributed by atoms with Gasteiger partial charge in [-0.15, -0.1) is 0 Å². The van der Waals surface area contributed by atoms with E-state index in [9.17, 15) is 9.18 Å². The average Bonchev–Trinajstić information content (AvgIpc) is 3.02. The van der Waals surface area contributed by atoms with Gasteiger partial charge in [0.25, 0.3) is 0 Å². The molecule has 0 fully saturated rings. The number of rotatable bonds is 6. The fourth-order valence-corrected chi connectivity index (χ4v) is 3.12. The van der Waals surface area contributed by atoms with E-state index >= 15 is 0 Å². The largest absolute Gasteiger partial charge is 0.341 e. The second kappa shape index (κ2) is 8.26. The van der Waals surface area contributed by atoms with Crippen LogP contribution in [0.2, 0.25) is 0 Å². The van der Waals surface area contributed by atoms with Gasteiger partial charge in [-0.25, -0.2) is 4.39 Å². The van der Waals surface area contributed by atoms with Crippen molar-refractivity contribution in [2.45, 2.75) is 26.4 Å². The topological polar surface area (TPSA) is 53.9 Å². The van der Waals surface area contributed by atoms with Gasteiger partial charge >= 0.3 is 0 Å².